The molecule has 0 saturated heterocycles. The standard InChI is InChI=1S/C25H15ClF5N5O2/c1-36-20(10-32-35-36)11-6-17-21(22(34-24(17)38)16-9-14(27)2-3-18(16)26)19(7-11)33-23(37)12-4-13(25(29,30)31)8-15(28)5-12/h2-10,22H,1H3,(H,33,37)(H,34,38). The van der Waals surface area contributed by atoms with Crippen molar-refractivity contribution < 1.29 is 31.5 Å². The van der Waals surface area contributed by atoms with Crippen molar-refractivity contribution in [3.8, 4) is 11.3 Å². The lowest BCUT2D eigenvalue weighted by Gasteiger charge is -2.19. The molecule has 0 aliphatic carbocycles. The first-order valence-electron chi connectivity index (χ1n) is 10.9. The number of hydrogen-bond donors (Lipinski definition) is 2. The third-order valence-electron chi connectivity index (χ3n) is 6.00. The average molecular weight is 548 g/mol. The van der Waals surface area contributed by atoms with Crippen LogP contribution >= 0.6 is 11.6 Å². The lowest BCUT2D eigenvalue weighted by Crippen LogP contribution is -2.21. The van der Waals surface area contributed by atoms with Crippen molar-refractivity contribution in [1.82, 2.24) is 20.3 Å². The molecule has 2 heterocycles. The van der Waals surface area contributed by atoms with Crippen molar-refractivity contribution >= 4 is 29.1 Å². The van der Waals surface area contributed by atoms with E-state index in [9.17, 15) is 31.5 Å². The summed E-state index contributed by atoms with van der Waals surface area (Å²) in [6.07, 6.45) is -3.48. The van der Waals surface area contributed by atoms with Gasteiger partial charge >= 0.3 is 6.18 Å². The Morgan fingerprint density at radius 3 is 2.53 bits per heavy atom. The fraction of sp³-hybridized carbons (Fsp3) is 0.120. The quantitative estimate of drug-likeness (QED) is 0.329. The number of nitrogens with one attached hydrogen (secondary N) is 2. The van der Waals surface area contributed by atoms with Gasteiger partial charge in [-0.15, -0.1) is 5.10 Å². The first kappa shape index (κ1) is 25.3. The number of carbonyl (C=O) groups excluding carboxylic acids is 2. The molecule has 0 saturated carbocycles. The highest BCUT2D eigenvalue weighted by atomic mass is 35.5. The number of carbonyl (C=O) groups is 2. The summed E-state index contributed by atoms with van der Waals surface area (Å²) < 4.78 is 69.1. The first-order chi connectivity index (χ1) is 17.9. The van der Waals surface area contributed by atoms with Crippen molar-refractivity contribution in [3.05, 3.63) is 99.2 Å². The summed E-state index contributed by atoms with van der Waals surface area (Å²) >= 11 is 6.28. The van der Waals surface area contributed by atoms with Crippen molar-refractivity contribution in [2.45, 2.75) is 12.2 Å². The lowest BCUT2D eigenvalue weighted by molar-refractivity contribution is -0.137. The fourth-order valence-electron chi connectivity index (χ4n) is 4.28. The van der Waals surface area contributed by atoms with Crippen LogP contribution in [0.25, 0.3) is 11.3 Å². The van der Waals surface area contributed by atoms with Gasteiger partial charge in [0.15, 0.2) is 0 Å². The number of fused-ring (bicyclic) bond motifs is 1. The second-order valence-electron chi connectivity index (χ2n) is 8.48. The van der Waals surface area contributed by atoms with E-state index in [1.54, 1.807) is 7.05 Å². The van der Waals surface area contributed by atoms with Crippen molar-refractivity contribution in [2.75, 3.05) is 5.32 Å². The summed E-state index contributed by atoms with van der Waals surface area (Å²) in [5.41, 5.74) is -0.613. The number of amides is 2. The Bertz CT molecular complexity index is 1620. The van der Waals surface area contributed by atoms with E-state index >= 15 is 0 Å². The number of hydrogen-bond acceptors (Lipinski definition) is 4. The molecule has 13 heteroatoms. The van der Waals surface area contributed by atoms with Crippen molar-refractivity contribution in [1.29, 1.82) is 0 Å². The van der Waals surface area contributed by atoms with Crippen molar-refractivity contribution in [3.63, 3.8) is 0 Å². The zero-order chi connectivity index (χ0) is 27.4. The third-order valence-corrected chi connectivity index (χ3v) is 6.35. The maximum absolute atomic E-state index is 14.1. The van der Waals surface area contributed by atoms with E-state index in [1.165, 1.54) is 29.1 Å². The molecule has 1 atom stereocenters. The van der Waals surface area contributed by atoms with E-state index in [-0.39, 0.29) is 33.5 Å². The van der Waals surface area contributed by atoms with Gasteiger partial charge in [-0.05, 0) is 48.5 Å². The number of halogens is 6. The molecule has 5 rings (SSSR count). The van der Waals surface area contributed by atoms with Gasteiger partial charge < -0.3 is 10.6 Å². The number of anilines is 1. The van der Waals surface area contributed by atoms with Gasteiger partial charge in [-0.2, -0.15) is 13.2 Å². The zero-order valence-electron chi connectivity index (χ0n) is 19.2. The highest BCUT2D eigenvalue weighted by Crippen LogP contribution is 2.42. The molecule has 38 heavy (non-hydrogen) atoms. The van der Waals surface area contributed by atoms with Gasteiger partial charge in [0.05, 0.1) is 23.5 Å². The van der Waals surface area contributed by atoms with E-state index in [4.69, 9.17) is 11.6 Å². The average Bonchev–Trinajstić information content (AvgIpc) is 3.42. The molecule has 4 aromatic rings. The molecule has 0 fully saturated rings. The van der Waals surface area contributed by atoms with E-state index in [1.807, 2.05) is 0 Å². The maximum Gasteiger partial charge on any atom is 0.416 e. The Labute approximate surface area is 216 Å². The Kier molecular flexibility index (Phi) is 6.14. The van der Waals surface area contributed by atoms with Crippen LogP contribution in [-0.2, 0) is 13.2 Å². The van der Waals surface area contributed by atoms with Crippen LogP contribution in [-0.4, -0.2) is 26.8 Å². The normalized spacial score (nSPS) is 14.8. The molecule has 0 bridgehead atoms. The van der Waals surface area contributed by atoms with Crippen LogP contribution in [0, 0.1) is 11.6 Å². The molecule has 1 aliphatic rings. The fourth-order valence-corrected chi connectivity index (χ4v) is 4.51. The van der Waals surface area contributed by atoms with E-state index < -0.39 is 46.8 Å². The predicted octanol–water partition coefficient (Wildman–Crippen LogP) is 5.52. The topological polar surface area (TPSA) is 88.9 Å². The minimum absolute atomic E-state index is 0.00481. The van der Waals surface area contributed by atoms with Crippen LogP contribution in [0.1, 0.15) is 43.4 Å². The van der Waals surface area contributed by atoms with Crippen LogP contribution in [0.4, 0.5) is 27.6 Å². The Hall–Kier alpha value is -4.32. The zero-order valence-corrected chi connectivity index (χ0v) is 20.0. The molecule has 1 unspecified atom stereocenters. The second-order valence-corrected chi connectivity index (χ2v) is 8.89. The summed E-state index contributed by atoms with van der Waals surface area (Å²) in [6, 6.07) is 6.96. The molecule has 2 N–H and O–H groups in total. The third kappa shape index (κ3) is 4.58. The van der Waals surface area contributed by atoms with Gasteiger partial charge in [0, 0.05) is 45.6 Å². The summed E-state index contributed by atoms with van der Waals surface area (Å²) in [4.78, 5) is 26.1. The summed E-state index contributed by atoms with van der Waals surface area (Å²) in [5, 5.41) is 12.9. The molecule has 3 aromatic carbocycles. The smallest absolute Gasteiger partial charge is 0.341 e. The Morgan fingerprint density at radius 2 is 1.84 bits per heavy atom. The highest BCUT2D eigenvalue weighted by molar-refractivity contribution is 6.31. The Balaban J connectivity index is 1.66. The lowest BCUT2D eigenvalue weighted by atomic mass is 9.93. The van der Waals surface area contributed by atoms with Gasteiger partial charge in [0.25, 0.3) is 11.8 Å². The van der Waals surface area contributed by atoms with Gasteiger partial charge in [-0.1, -0.05) is 16.8 Å². The molecular formula is C25H15ClF5N5O2. The second kappa shape index (κ2) is 9.21. The molecule has 2 amide bonds. The predicted molar refractivity (Wildman–Crippen MR) is 127 cm³/mol. The van der Waals surface area contributed by atoms with Gasteiger partial charge in [0.2, 0.25) is 0 Å². The SMILES string of the molecule is Cn1nncc1-c1cc(NC(=O)c2cc(F)cc(C(F)(F)F)c2)c2c(c1)C(=O)NC2c1cc(F)ccc1Cl. The summed E-state index contributed by atoms with van der Waals surface area (Å²) in [5.74, 6) is -3.52. The molecule has 7 nitrogen and oxygen atoms in total. The molecular weight excluding hydrogens is 533 g/mol. The van der Waals surface area contributed by atoms with Crippen LogP contribution in [0.3, 0.4) is 0 Å². The monoisotopic (exact) mass is 547 g/mol. The summed E-state index contributed by atoms with van der Waals surface area (Å²) in [6.45, 7) is 0. The van der Waals surface area contributed by atoms with Crippen LogP contribution in [0.15, 0.2) is 54.7 Å². The van der Waals surface area contributed by atoms with E-state index in [2.05, 4.69) is 20.9 Å². The number of alkyl halides is 3. The maximum atomic E-state index is 14.1. The van der Waals surface area contributed by atoms with Crippen LogP contribution in [0.5, 0.6) is 0 Å². The van der Waals surface area contributed by atoms with E-state index in [0.29, 0.717) is 23.4 Å². The number of aromatic nitrogens is 3. The highest BCUT2D eigenvalue weighted by Gasteiger charge is 2.36. The largest absolute Gasteiger partial charge is 0.416 e. The molecule has 1 aliphatic heterocycles. The molecule has 194 valence electrons. The minimum Gasteiger partial charge on any atom is -0.341 e. The number of rotatable bonds is 4. The van der Waals surface area contributed by atoms with Gasteiger partial charge in [-0.3, -0.25) is 9.59 Å². The van der Waals surface area contributed by atoms with Crippen LogP contribution in [0.2, 0.25) is 5.02 Å². The van der Waals surface area contributed by atoms with Gasteiger partial charge in [-0.25, -0.2) is 13.5 Å². The first-order valence-corrected chi connectivity index (χ1v) is 11.3. The molecule has 0 spiro atoms. The van der Waals surface area contributed by atoms with Crippen LogP contribution < -0.4 is 10.6 Å². The van der Waals surface area contributed by atoms with Crippen molar-refractivity contribution in [2.24, 2.45) is 7.05 Å². The summed E-state index contributed by atoms with van der Waals surface area (Å²) in [7, 11) is 1.59. The number of benzene rings is 3. The molecule has 1 aromatic heterocycles. The Morgan fingerprint density at radius 1 is 1.08 bits per heavy atom. The number of nitrogens with zero attached hydrogens (tertiary/aromatic N) is 3. The molecule has 0 radical (unpaired) electrons. The van der Waals surface area contributed by atoms with E-state index in [0.717, 1.165) is 12.1 Å². The van der Waals surface area contributed by atoms with Gasteiger partial charge in [0.1, 0.15) is 11.6 Å². The number of aryl methyl sites for hydroxylation is 1. The minimum atomic E-state index is -4.89.